The Labute approximate surface area is 216 Å². The largest absolute Gasteiger partial charge is 0.490 e. The van der Waals surface area contributed by atoms with E-state index in [1.54, 1.807) is 5.57 Å². The predicted octanol–water partition coefficient (Wildman–Crippen LogP) is 9.78. The number of fused-ring (bicyclic) bond motifs is 5. The van der Waals surface area contributed by atoms with Gasteiger partial charge in [0.05, 0.1) is 0 Å². The summed E-state index contributed by atoms with van der Waals surface area (Å²) < 4.78 is 6.47. The molecule has 8 atom stereocenters. The van der Waals surface area contributed by atoms with E-state index in [0.29, 0.717) is 16.9 Å². The molecule has 0 bridgehead atoms. The molecule has 0 saturated heterocycles. The van der Waals surface area contributed by atoms with Gasteiger partial charge in [0, 0.05) is 6.42 Å². The van der Waals surface area contributed by atoms with E-state index in [0.717, 1.165) is 47.7 Å². The van der Waals surface area contributed by atoms with Gasteiger partial charge in [-0.3, -0.25) is 0 Å². The number of aryl methyl sites for hydroxylation is 1. The average molecular weight is 477 g/mol. The third-order valence-corrected chi connectivity index (χ3v) is 11.6. The van der Waals surface area contributed by atoms with Crippen LogP contribution in [0.1, 0.15) is 111 Å². The molecule has 0 heterocycles. The van der Waals surface area contributed by atoms with Crippen LogP contribution in [-0.4, -0.2) is 6.10 Å². The molecule has 1 aromatic rings. The third-order valence-electron chi connectivity index (χ3n) is 11.6. The second kappa shape index (κ2) is 9.90. The maximum atomic E-state index is 6.47. The van der Waals surface area contributed by atoms with Crippen molar-refractivity contribution in [1.29, 1.82) is 0 Å². The highest BCUT2D eigenvalue weighted by Gasteiger charge is 2.59. The van der Waals surface area contributed by atoms with E-state index in [1.807, 2.05) is 0 Å². The minimum atomic E-state index is 0.352. The van der Waals surface area contributed by atoms with Gasteiger partial charge in [-0.15, -0.1) is 0 Å². The van der Waals surface area contributed by atoms with E-state index in [9.17, 15) is 0 Å². The Hall–Kier alpha value is -1.24. The van der Waals surface area contributed by atoms with E-state index < -0.39 is 0 Å². The van der Waals surface area contributed by atoms with Gasteiger partial charge in [0.2, 0.25) is 0 Å². The lowest BCUT2D eigenvalue weighted by molar-refractivity contribution is -0.0559. The molecule has 4 aliphatic rings. The Morgan fingerprint density at radius 1 is 0.914 bits per heavy atom. The first-order valence-electron chi connectivity index (χ1n) is 15.1. The maximum absolute atomic E-state index is 6.47. The van der Waals surface area contributed by atoms with E-state index >= 15 is 0 Å². The Morgan fingerprint density at radius 2 is 1.69 bits per heavy atom. The summed E-state index contributed by atoms with van der Waals surface area (Å²) in [7, 11) is 0. The molecule has 3 saturated carbocycles. The lowest BCUT2D eigenvalue weighted by atomic mass is 9.47. The predicted molar refractivity (Wildman–Crippen MR) is 149 cm³/mol. The van der Waals surface area contributed by atoms with E-state index in [4.69, 9.17) is 4.74 Å². The van der Waals surface area contributed by atoms with Gasteiger partial charge in [0.15, 0.2) is 0 Å². The standard InChI is InChI=1S/C34H52O/c1-23(2)8-7-9-25(4)30-16-17-31-29-15-12-26-22-28(35-27-13-10-24(3)11-14-27)18-20-33(26,5)32(29)19-21-34(30,31)6/h10-14,23,25,28-32H,7-9,15-22H2,1-6H3/t25-,28+,29+,30-,31?,32?,33+,34-/m1/s1. The van der Waals surface area contributed by atoms with Crippen molar-refractivity contribution in [3.05, 3.63) is 41.5 Å². The van der Waals surface area contributed by atoms with Crippen LogP contribution in [0.4, 0.5) is 0 Å². The molecule has 35 heavy (non-hydrogen) atoms. The lowest BCUT2D eigenvalue weighted by Crippen LogP contribution is -2.51. The molecule has 1 nitrogen and oxygen atoms in total. The summed E-state index contributed by atoms with van der Waals surface area (Å²) in [5.41, 5.74) is 4.05. The summed E-state index contributed by atoms with van der Waals surface area (Å²) in [6.07, 6.45) is 18.3. The van der Waals surface area contributed by atoms with Crippen LogP contribution in [0.3, 0.4) is 0 Å². The van der Waals surface area contributed by atoms with Crippen molar-refractivity contribution >= 4 is 0 Å². The molecule has 3 fully saturated rings. The molecular weight excluding hydrogens is 424 g/mol. The smallest absolute Gasteiger partial charge is 0.119 e. The Kier molecular flexibility index (Phi) is 7.19. The van der Waals surface area contributed by atoms with E-state index in [-0.39, 0.29) is 0 Å². The number of rotatable bonds is 7. The highest BCUT2D eigenvalue weighted by Crippen LogP contribution is 2.67. The van der Waals surface area contributed by atoms with Gasteiger partial charge in [-0.25, -0.2) is 0 Å². The van der Waals surface area contributed by atoms with Crippen molar-refractivity contribution in [3.63, 3.8) is 0 Å². The molecule has 1 aromatic carbocycles. The Balaban J connectivity index is 1.26. The molecule has 0 amide bonds. The first kappa shape index (κ1) is 25.4. The molecule has 0 radical (unpaired) electrons. The van der Waals surface area contributed by atoms with Gasteiger partial charge in [-0.05, 0) is 110 Å². The maximum Gasteiger partial charge on any atom is 0.119 e. The van der Waals surface area contributed by atoms with Crippen molar-refractivity contribution in [2.75, 3.05) is 0 Å². The molecule has 2 unspecified atom stereocenters. The zero-order chi connectivity index (χ0) is 24.8. The normalized spacial score (nSPS) is 39.4. The van der Waals surface area contributed by atoms with Gasteiger partial charge >= 0.3 is 0 Å². The zero-order valence-electron chi connectivity index (χ0n) is 23.6. The summed E-state index contributed by atoms with van der Waals surface area (Å²) >= 11 is 0. The van der Waals surface area contributed by atoms with Crippen LogP contribution in [0.25, 0.3) is 0 Å². The minimum Gasteiger partial charge on any atom is -0.490 e. The molecule has 0 N–H and O–H groups in total. The molecule has 4 aliphatic carbocycles. The number of allylic oxidation sites excluding steroid dienone is 1. The molecule has 5 rings (SSSR count). The van der Waals surface area contributed by atoms with Crippen molar-refractivity contribution in [1.82, 2.24) is 0 Å². The SMILES string of the molecule is Cc1ccc(O[C@H]2CC[C@@]3(C)C(=CC[C@@H]4C3CC[C@@]3(C)C4CC[C@@H]3[C@H](C)CCCC(C)C)C2)cc1. The molecule has 0 aliphatic heterocycles. The number of hydrogen-bond acceptors (Lipinski definition) is 1. The molecule has 1 heteroatoms. The lowest BCUT2D eigenvalue weighted by Gasteiger charge is -2.58. The fourth-order valence-corrected chi connectivity index (χ4v) is 9.56. The Morgan fingerprint density at radius 3 is 2.43 bits per heavy atom. The van der Waals surface area contributed by atoms with Crippen molar-refractivity contribution < 1.29 is 4.74 Å². The summed E-state index contributed by atoms with van der Waals surface area (Å²) in [5, 5.41) is 0. The molecule has 0 aromatic heterocycles. The molecule has 194 valence electrons. The number of benzene rings is 1. The molecular formula is C34H52O. The van der Waals surface area contributed by atoms with Gasteiger partial charge in [-0.1, -0.05) is 83.2 Å². The quantitative estimate of drug-likeness (QED) is 0.356. The van der Waals surface area contributed by atoms with E-state index in [2.05, 4.69) is 71.9 Å². The van der Waals surface area contributed by atoms with Crippen LogP contribution in [0.2, 0.25) is 0 Å². The van der Waals surface area contributed by atoms with Crippen molar-refractivity contribution in [3.8, 4) is 5.75 Å². The summed E-state index contributed by atoms with van der Waals surface area (Å²) in [5.74, 6) is 6.53. The summed E-state index contributed by atoms with van der Waals surface area (Å²) in [6.45, 7) is 14.9. The van der Waals surface area contributed by atoms with Crippen LogP contribution < -0.4 is 4.74 Å². The molecule has 0 spiro atoms. The van der Waals surface area contributed by atoms with E-state index in [1.165, 1.54) is 69.8 Å². The minimum absolute atomic E-state index is 0.352. The third kappa shape index (κ3) is 4.75. The number of ether oxygens (including phenoxy) is 1. The van der Waals surface area contributed by atoms with Gasteiger partial charge in [-0.2, -0.15) is 0 Å². The second-order valence-electron chi connectivity index (χ2n) is 14.1. The topological polar surface area (TPSA) is 9.23 Å². The number of hydrogen-bond donors (Lipinski definition) is 0. The zero-order valence-corrected chi connectivity index (χ0v) is 23.6. The summed E-state index contributed by atoms with van der Waals surface area (Å²) in [6, 6.07) is 8.64. The van der Waals surface area contributed by atoms with Gasteiger partial charge in [0.25, 0.3) is 0 Å². The van der Waals surface area contributed by atoms with Crippen LogP contribution in [0, 0.1) is 53.3 Å². The van der Waals surface area contributed by atoms with Gasteiger partial charge in [0.1, 0.15) is 11.9 Å². The monoisotopic (exact) mass is 476 g/mol. The Bertz CT molecular complexity index is 896. The van der Waals surface area contributed by atoms with Crippen molar-refractivity contribution in [2.24, 2.45) is 46.3 Å². The fraction of sp³-hybridized carbons (Fsp3) is 0.765. The van der Waals surface area contributed by atoms with Crippen LogP contribution in [0.5, 0.6) is 5.75 Å². The second-order valence-corrected chi connectivity index (χ2v) is 14.1. The first-order chi connectivity index (χ1) is 16.7. The fourth-order valence-electron chi connectivity index (χ4n) is 9.56. The van der Waals surface area contributed by atoms with Crippen LogP contribution >= 0.6 is 0 Å². The van der Waals surface area contributed by atoms with Crippen LogP contribution in [0.15, 0.2) is 35.9 Å². The van der Waals surface area contributed by atoms with Crippen molar-refractivity contribution in [2.45, 2.75) is 118 Å². The van der Waals surface area contributed by atoms with Crippen LogP contribution in [-0.2, 0) is 0 Å². The highest BCUT2D eigenvalue weighted by atomic mass is 16.5. The van der Waals surface area contributed by atoms with Gasteiger partial charge < -0.3 is 4.74 Å². The average Bonchev–Trinajstić information content (AvgIpc) is 3.18. The first-order valence-corrected chi connectivity index (χ1v) is 15.1. The summed E-state index contributed by atoms with van der Waals surface area (Å²) in [4.78, 5) is 0. The highest BCUT2D eigenvalue weighted by molar-refractivity contribution is 5.29.